The average molecular weight is 451 g/mol. The lowest BCUT2D eigenvalue weighted by Crippen LogP contribution is -2.02. The molecular weight excluding hydrogens is 427 g/mol. The lowest BCUT2D eigenvalue weighted by atomic mass is 9.95. The van der Waals surface area contributed by atoms with E-state index in [1.54, 1.807) is 7.11 Å². The van der Waals surface area contributed by atoms with Crippen molar-refractivity contribution in [3.63, 3.8) is 0 Å². The van der Waals surface area contributed by atoms with Crippen molar-refractivity contribution in [2.45, 2.75) is 26.2 Å². The Bertz CT molecular complexity index is 1200. The van der Waals surface area contributed by atoms with Crippen LogP contribution in [0, 0.1) is 6.92 Å². The number of methoxy groups -OCH3 is 1. The molecule has 0 fully saturated rings. The van der Waals surface area contributed by atoms with E-state index in [-0.39, 0.29) is 0 Å². The van der Waals surface area contributed by atoms with E-state index in [0.717, 1.165) is 34.8 Å². The number of aromatic nitrogens is 2. The minimum Gasteiger partial charge on any atom is -0.497 e. The molecule has 0 saturated carbocycles. The van der Waals surface area contributed by atoms with Crippen molar-refractivity contribution in [1.29, 1.82) is 0 Å². The van der Waals surface area contributed by atoms with Crippen molar-refractivity contribution in [2.24, 2.45) is 0 Å². The summed E-state index contributed by atoms with van der Waals surface area (Å²) in [6, 6.07) is 24.3. The summed E-state index contributed by atoms with van der Waals surface area (Å²) in [6.07, 6.45) is 0.834. The highest BCUT2D eigenvalue weighted by Crippen LogP contribution is 2.32. The molecular formula is C26H24Cl2N2O. The Balaban J connectivity index is 1.74. The first-order valence-corrected chi connectivity index (χ1v) is 11.0. The predicted octanol–water partition coefficient (Wildman–Crippen LogP) is 7.51. The van der Waals surface area contributed by atoms with Gasteiger partial charge in [0.2, 0.25) is 0 Å². The fourth-order valence-electron chi connectivity index (χ4n) is 3.72. The molecule has 4 rings (SSSR count). The van der Waals surface area contributed by atoms with Crippen LogP contribution in [0.4, 0.5) is 0 Å². The average Bonchev–Trinajstić information content (AvgIpc) is 3.19. The summed E-state index contributed by atoms with van der Waals surface area (Å²) in [6.45, 7) is 4.36. The number of rotatable bonds is 6. The first kappa shape index (κ1) is 21.5. The van der Waals surface area contributed by atoms with Gasteiger partial charge < -0.3 is 4.74 Å². The summed E-state index contributed by atoms with van der Waals surface area (Å²) in [4.78, 5) is 0. The zero-order valence-electron chi connectivity index (χ0n) is 17.8. The van der Waals surface area contributed by atoms with E-state index in [1.165, 1.54) is 11.1 Å². The number of hydrogen-bond donors (Lipinski definition) is 0. The molecule has 158 valence electrons. The van der Waals surface area contributed by atoms with Crippen LogP contribution in [0.3, 0.4) is 0 Å². The maximum absolute atomic E-state index is 6.31. The number of halogens is 2. The van der Waals surface area contributed by atoms with E-state index < -0.39 is 0 Å². The van der Waals surface area contributed by atoms with Gasteiger partial charge in [-0.1, -0.05) is 66.0 Å². The van der Waals surface area contributed by atoms with Crippen LogP contribution in [0.25, 0.3) is 16.9 Å². The normalized spacial score (nSPS) is 12.0. The standard InChI is InChI=1S/C26H24Cl2N2O/c1-17-5-4-6-19(13-17)18(2)14-21-16-26(20-7-12-24(27)25(28)15-20)30(29-21)22-8-10-23(31-3)11-9-22/h4-13,15-16,18H,14H2,1-3H3. The van der Waals surface area contributed by atoms with Crippen LogP contribution < -0.4 is 4.74 Å². The third-order valence-corrected chi connectivity index (χ3v) is 6.16. The molecule has 0 bridgehead atoms. The van der Waals surface area contributed by atoms with Gasteiger partial charge in [0.25, 0.3) is 0 Å². The molecule has 0 aliphatic carbocycles. The summed E-state index contributed by atoms with van der Waals surface area (Å²) in [5.74, 6) is 1.15. The molecule has 4 aromatic rings. The highest BCUT2D eigenvalue weighted by molar-refractivity contribution is 6.42. The molecule has 5 heteroatoms. The van der Waals surface area contributed by atoms with Gasteiger partial charge in [0.05, 0.1) is 34.2 Å². The zero-order valence-corrected chi connectivity index (χ0v) is 19.3. The molecule has 1 heterocycles. The first-order chi connectivity index (χ1) is 14.9. The van der Waals surface area contributed by atoms with Crippen molar-refractivity contribution in [3.05, 3.63) is 99.7 Å². The van der Waals surface area contributed by atoms with Crippen LogP contribution in [0.1, 0.15) is 29.7 Å². The quantitative estimate of drug-likeness (QED) is 0.303. The lowest BCUT2D eigenvalue weighted by molar-refractivity contribution is 0.414. The number of nitrogens with zero attached hydrogens (tertiary/aromatic N) is 2. The molecule has 0 aliphatic rings. The van der Waals surface area contributed by atoms with Crippen molar-refractivity contribution >= 4 is 23.2 Å². The summed E-state index contributed by atoms with van der Waals surface area (Å²) in [5.41, 5.74) is 6.49. The van der Waals surface area contributed by atoms with E-state index in [4.69, 9.17) is 33.0 Å². The van der Waals surface area contributed by atoms with Crippen LogP contribution in [0.5, 0.6) is 5.75 Å². The third-order valence-electron chi connectivity index (χ3n) is 5.42. The number of ether oxygens (including phenoxy) is 1. The predicted molar refractivity (Wildman–Crippen MR) is 129 cm³/mol. The van der Waals surface area contributed by atoms with Gasteiger partial charge in [-0.3, -0.25) is 0 Å². The summed E-state index contributed by atoms with van der Waals surface area (Å²) >= 11 is 12.5. The second-order valence-corrected chi connectivity index (χ2v) is 8.59. The Kier molecular flexibility index (Phi) is 6.35. The van der Waals surface area contributed by atoms with Gasteiger partial charge in [-0.15, -0.1) is 0 Å². The highest BCUT2D eigenvalue weighted by atomic mass is 35.5. The molecule has 0 saturated heterocycles. The Morgan fingerprint density at radius 1 is 0.935 bits per heavy atom. The monoisotopic (exact) mass is 450 g/mol. The van der Waals surface area contributed by atoms with Crippen molar-refractivity contribution in [3.8, 4) is 22.7 Å². The van der Waals surface area contributed by atoms with E-state index in [9.17, 15) is 0 Å². The number of benzene rings is 3. The molecule has 1 atom stereocenters. The van der Waals surface area contributed by atoms with Gasteiger partial charge in [-0.05, 0) is 67.3 Å². The molecule has 0 aliphatic heterocycles. The van der Waals surface area contributed by atoms with E-state index >= 15 is 0 Å². The third kappa shape index (κ3) is 4.79. The van der Waals surface area contributed by atoms with E-state index in [1.807, 2.05) is 47.1 Å². The van der Waals surface area contributed by atoms with E-state index in [2.05, 4.69) is 44.2 Å². The molecule has 3 aromatic carbocycles. The van der Waals surface area contributed by atoms with Gasteiger partial charge >= 0.3 is 0 Å². The Morgan fingerprint density at radius 3 is 2.39 bits per heavy atom. The van der Waals surface area contributed by atoms with Crippen molar-refractivity contribution in [1.82, 2.24) is 9.78 Å². The smallest absolute Gasteiger partial charge is 0.119 e. The van der Waals surface area contributed by atoms with E-state index in [0.29, 0.717) is 16.0 Å². The molecule has 3 nitrogen and oxygen atoms in total. The van der Waals surface area contributed by atoms with Crippen molar-refractivity contribution in [2.75, 3.05) is 7.11 Å². The maximum atomic E-state index is 6.31. The van der Waals surface area contributed by atoms with Crippen LogP contribution in [0.15, 0.2) is 72.8 Å². The summed E-state index contributed by atoms with van der Waals surface area (Å²) in [7, 11) is 1.66. The van der Waals surface area contributed by atoms with Crippen molar-refractivity contribution < 1.29 is 4.74 Å². The molecule has 0 amide bonds. The summed E-state index contributed by atoms with van der Waals surface area (Å²) < 4.78 is 7.26. The Morgan fingerprint density at radius 2 is 1.71 bits per heavy atom. The Labute approximate surface area is 193 Å². The van der Waals surface area contributed by atoms with Crippen LogP contribution >= 0.6 is 23.2 Å². The van der Waals surface area contributed by atoms with Gasteiger partial charge in [0.1, 0.15) is 5.75 Å². The number of hydrogen-bond acceptors (Lipinski definition) is 2. The molecule has 31 heavy (non-hydrogen) atoms. The largest absolute Gasteiger partial charge is 0.497 e. The molecule has 1 aromatic heterocycles. The fourth-order valence-corrected chi connectivity index (χ4v) is 4.02. The molecule has 1 unspecified atom stereocenters. The van der Waals surface area contributed by atoms with Crippen LogP contribution in [0.2, 0.25) is 10.0 Å². The SMILES string of the molecule is COc1ccc(-n2nc(CC(C)c3cccc(C)c3)cc2-c2ccc(Cl)c(Cl)c2)cc1. The Hall–Kier alpha value is -2.75. The molecule has 0 radical (unpaired) electrons. The van der Waals surface area contributed by atoms with Crippen LogP contribution in [-0.2, 0) is 6.42 Å². The van der Waals surface area contributed by atoms with Gasteiger partial charge in [-0.2, -0.15) is 5.10 Å². The number of aryl methyl sites for hydroxylation is 1. The second kappa shape index (κ2) is 9.17. The minimum absolute atomic E-state index is 0.348. The van der Waals surface area contributed by atoms with Crippen LogP contribution in [-0.4, -0.2) is 16.9 Å². The lowest BCUT2D eigenvalue weighted by Gasteiger charge is -2.11. The molecule has 0 N–H and O–H groups in total. The second-order valence-electron chi connectivity index (χ2n) is 7.78. The molecule has 0 spiro atoms. The van der Waals surface area contributed by atoms with Gasteiger partial charge in [0.15, 0.2) is 0 Å². The first-order valence-electron chi connectivity index (χ1n) is 10.2. The topological polar surface area (TPSA) is 27.1 Å². The summed E-state index contributed by atoms with van der Waals surface area (Å²) in [5, 5.41) is 6.01. The minimum atomic E-state index is 0.348. The van der Waals surface area contributed by atoms with Gasteiger partial charge in [0, 0.05) is 5.56 Å². The van der Waals surface area contributed by atoms with Gasteiger partial charge in [-0.25, -0.2) is 4.68 Å². The maximum Gasteiger partial charge on any atom is 0.119 e. The highest BCUT2D eigenvalue weighted by Gasteiger charge is 2.16. The fraction of sp³-hybridized carbons (Fsp3) is 0.192. The zero-order chi connectivity index (χ0) is 22.0.